The number of carboxylic acids is 1. The lowest BCUT2D eigenvalue weighted by Crippen LogP contribution is -2.32. The summed E-state index contributed by atoms with van der Waals surface area (Å²) in [6.45, 7) is 3.31. The molecule has 0 spiro atoms. The summed E-state index contributed by atoms with van der Waals surface area (Å²) >= 11 is 5.65. The number of carbonyl (C=O) groups is 1. The zero-order valence-corrected chi connectivity index (χ0v) is 10.5. The first-order valence-corrected chi connectivity index (χ1v) is 5.54. The summed E-state index contributed by atoms with van der Waals surface area (Å²) in [5.74, 6) is -1.60. The molecule has 0 saturated heterocycles. The van der Waals surface area contributed by atoms with Gasteiger partial charge in [-0.1, -0.05) is 25.4 Å². The van der Waals surface area contributed by atoms with Crippen LogP contribution in [0.4, 0.5) is 5.69 Å². The Kier molecular flexibility index (Phi) is 4.49. The Labute approximate surface area is 108 Å². The third-order valence-corrected chi connectivity index (χ3v) is 2.46. The average molecular weight is 274 g/mol. The van der Waals surface area contributed by atoms with E-state index in [2.05, 4.69) is 0 Å². The number of nitrogens with zero attached hydrogens (tertiary/aromatic N) is 1. The molecule has 0 aliphatic rings. The number of rotatable bonds is 5. The number of aliphatic carboxylic acids is 1. The minimum Gasteiger partial charge on any atom is -0.478 e. The summed E-state index contributed by atoms with van der Waals surface area (Å²) in [7, 11) is 0. The van der Waals surface area contributed by atoms with E-state index in [4.69, 9.17) is 21.4 Å². The van der Waals surface area contributed by atoms with Crippen LogP contribution in [0.15, 0.2) is 18.2 Å². The van der Waals surface area contributed by atoms with Gasteiger partial charge in [-0.05, 0) is 12.1 Å². The summed E-state index contributed by atoms with van der Waals surface area (Å²) in [6, 6.07) is 3.82. The molecule has 1 unspecified atom stereocenters. The number of nitro benzene ring substituents is 1. The molecule has 0 saturated carbocycles. The molecule has 1 aromatic carbocycles. The fourth-order valence-corrected chi connectivity index (χ4v) is 1.51. The lowest BCUT2D eigenvalue weighted by atomic mass is 10.1. The van der Waals surface area contributed by atoms with Crippen molar-refractivity contribution >= 4 is 23.3 Å². The Balaban J connectivity index is 3.10. The predicted octanol–water partition coefficient (Wildman–Crippen LogP) is 2.74. The number of halogens is 1. The van der Waals surface area contributed by atoms with Crippen LogP contribution in [-0.4, -0.2) is 22.1 Å². The largest absolute Gasteiger partial charge is 0.478 e. The van der Waals surface area contributed by atoms with Gasteiger partial charge >= 0.3 is 11.7 Å². The maximum atomic E-state index is 11.0. The molecular weight excluding hydrogens is 262 g/mol. The van der Waals surface area contributed by atoms with Gasteiger partial charge in [0.25, 0.3) is 0 Å². The molecule has 0 aromatic heterocycles. The number of benzene rings is 1. The van der Waals surface area contributed by atoms with E-state index in [1.54, 1.807) is 13.8 Å². The molecule has 0 radical (unpaired) electrons. The number of ether oxygens (including phenoxy) is 1. The molecule has 1 rings (SSSR count). The smallest absolute Gasteiger partial charge is 0.345 e. The Morgan fingerprint density at radius 3 is 2.56 bits per heavy atom. The van der Waals surface area contributed by atoms with Crippen molar-refractivity contribution in [3.63, 3.8) is 0 Å². The van der Waals surface area contributed by atoms with Crippen molar-refractivity contribution in [1.29, 1.82) is 0 Å². The standard InChI is InChI=1S/C11H12ClNO5/c1-6(2)10(11(14)15)18-9-4-3-7(12)5-8(9)13(16)17/h3-6,10H,1-2H3,(H,14,15). The number of hydrogen-bond donors (Lipinski definition) is 1. The van der Waals surface area contributed by atoms with E-state index in [1.807, 2.05) is 0 Å². The lowest BCUT2D eigenvalue weighted by Gasteiger charge is -2.18. The highest BCUT2D eigenvalue weighted by Crippen LogP contribution is 2.31. The highest BCUT2D eigenvalue weighted by atomic mass is 35.5. The third kappa shape index (κ3) is 3.33. The normalized spacial score (nSPS) is 12.2. The first-order chi connectivity index (χ1) is 8.32. The molecule has 0 heterocycles. The summed E-state index contributed by atoms with van der Waals surface area (Å²) < 4.78 is 5.18. The van der Waals surface area contributed by atoms with Gasteiger partial charge in [-0.25, -0.2) is 4.79 Å². The fourth-order valence-electron chi connectivity index (χ4n) is 1.34. The highest BCUT2D eigenvalue weighted by molar-refractivity contribution is 6.30. The monoisotopic (exact) mass is 273 g/mol. The van der Waals surface area contributed by atoms with E-state index < -0.39 is 17.0 Å². The van der Waals surface area contributed by atoms with Crippen LogP contribution in [0.1, 0.15) is 13.8 Å². The van der Waals surface area contributed by atoms with Crippen LogP contribution in [0.5, 0.6) is 5.75 Å². The van der Waals surface area contributed by atoms with Crippen molar-refractivity contribution < 1.29 is 19.6 Å². The maximum absolute atomic E-state index is 11.0. The molecular formula is C11H12ClNO5. The molecule has 0 fully saturated rings. The minimum absolute atomic E-state index is 0.106. The van der Waals surface area contributed by atoms with Crippen LogP contribution in [-0.2, 0) is 4.79 Å². The predicted molar refractivity (Wildman–Crippen MR) is 65.0 cm³/mol. The second-order valence-electron chi connectivity index (χ2n) is 3.99. The Morgan fingerprint density at radius 1 is 1.50 bits per heavy atom. The first-order valence-electron chi connectivity index (χ1n) is 5.16. The molecule has 1 atom stereocenters. The van der Waals surface area contributed by atoms with Crippen molar-refractivity contribution in [3.8, 4) is 5.75 Å². The van der Waals surface area contributed by atoms with Crippen LogP contribution < -0.4 is 4.74 Å². The van der Waals surface area contributed by atoms with Crippen LogP contribution in [0.3, 0.4) is 0 Å². The van der Waals surface area contributed by atoms with Crippen molar-refractivity contribution in [1.82, 2.24) is 0 Å². The molecule has 98 valence electrons. The van der Waals surface area contributed by atoms with Crippen molar-refractivity contribution in [2.75, 3.05) is 0 Å². The summed E-state index contributed by atoms with van der Waals surface area (Å²) in [4.78, 5) is 21.1. The van der Waals surface area contributed by atoms with Gasteiger partial charge < -0.3 is 9.84 Å². The molecule has 0 aliphatic heterocycles. The molecule has 6 nitrogen and oxygen atoms in total. The maximum Gasteiger partial charge on any atom is 0.345 e. The van der Waals surface area contributed by atoms with E-state index in [-0.39, 0.29) is 22.4 Å². The van der Waals surface area contributed by atoms with Gasteiger partial charge in [0.1, 0.15) is 0 Å². The fraction of sp³-hybridized carbons (Fsp3) is 0.364. The zero-order valence-electron chi connectivity index (χ0n) is 9.79. The Bertz CT molecular complexity index is 475. The van der Waals surface area contributed by atoms with Crippen molar-refractivity contribution in [2.45, 2.75) is 20.0 Å². The zero-order chi connectivity index (χ0) is 13.9. The van der Waals surface area contributed by atoms with Crippen LogP contribution in [0.2, 0.25) is 5.02 Å². The van der Waals surface area contributed by atoms with Crippen LogP contribution in [0.25, 0.3) is 0 Å². The van der Waals surface area contributed by atoms with E-state index in [0.29, 0.717) is 0 Å². The Morgan fingerprint density at radius 2 is 2.11 bits per heavy atom. The van der Waals surface area contributed by atoms with E-state index in [1.165, 1.54) is 12.1 Å². The second kappa shape index (κ2) is 5.68. The number of hydrogen-bond acceptors (Lipinski definition) is 4. The van der Waals surface area contributed by atoms with Crippen molar-refractivity contribution in [3.05, 3.63) is 33.3 Å². The average Bonchev–Trinajstić information content (AvgIpc) is 2.25. The van der Waals surface area contributed by atoms with Gasteiger partial charge in [0.15, 0.2) is 11.9 Å². The van der Waals surface area contributed by atoms with Gasteiger partial charge in [-0.15, -0.1) is 0 Å². The molecule has 0 bridgehead atoms. The van der Waals surface area contributed by atoms with Gasteiger partial charge in [-0.3, -0.25) is 10.1 Å². The molecule has 0 amide bonds. The third-order valence-electron chi connectivity index (χ3n) is 2.22. The lowest BCUT2D eigenvalue weighted by molar-refractivity contribution is -0.386. The molecule has 0 aliphatic carbocycles. The minimum atomic E-state index is -1.17. The second-order valence-corrected chi connectivity index (χ2v) is 4.43. The topological polar surface area (TPSA) is 89.7 Å². The first kappa shape index (κ1) is 14.2. The van der Waals surface area contributed by atoms with Crippen LogP contribution in [0, 0.1) is 16.0 Å². The quantitative estimate of drug-likeness (QED) is 0.658. The van der Waals surface area contributed by atoms with E-state index >= 15 is 0 Å². The van der Waals surface area contributed by atoms with Gasteiger partial charge in [0.2, 0.25) is 0 Å². The molecule has 1 N–H and O–H groups in total. The molecule has 18 heavy (non-hydrogen) atoms. The van der Waals surface area contributed by atoms with Gasteiger partial charge in [-0.2, -0.15) is 0 Å². The van der Waals surface area contributed by atoms with Gasteiger partial charge in [0, 0.05) is 17.0 Å². The molecule has 1 aromatic rings. The number of nitro groups is 1. The summed E-state index contributed by atoms with van der Waals surface area (Å²) in [6.07, 6.45) is -1.15. The SMILES string of the molecule is CC(C)C(Oc1ccc(Cl)cc1[N+](=O)[O-])C(=O)O. The van der Waals surface area contributed by atoms with Crippen LogP contribution >= 0.6 is 11.6 Å². The summed E-state index contributed by atoms with van der Waals surface area (Å²) in [5, 5.41) is 20.0. The van der Waals surface area contributed by atoms with E-state index in [0.717, 1.165) is 6.07 Å². The Hall–Kier alpha value is -1.82. The van der Waals surface area contributed by atoms with E-state index in [9.17, 15) is 14.9 Å². The highest BCUT2D eigenvalue weighted by Gasteiger charge is 2.27. The summed E-state index contributed by atoms with van der Waals surface area (Å²) in [5.41, 5.74) is -0.352. The number of carboxylic acid groups (broad SMARTS) is 1. The van der Waals surface area contributed by atoms with Crippen molar-refractivity contribution in [2.24, 2.45) is 5.92 Å². The molecule has 7 heteroatoms. The van der Waals surface area contributed by atoms with Gasteiger partial charge in [0.05, 0.1) is 4.92 Å².